The number of nitrogens with one attached hydrogen (secondary N) is 2. The molecule has 0 radical (unpaired) electrons. The Bertz CT molecular complexity index is 870. The normalized spacial score (nSPS) is 15.0. The molecule has 1 saturated heterocycles. The van der Waals surface area contributed by atoms with Crippen LogP contribution in [0.1, 0.15) is 24.0 Å². The van der Waals surface area contributed by atoms with Crippen molar-refractivity contribution >= 4 is 47.4 Å². The Hall–Kier alpha value is -1.84. The van der Waals surface area contributed by atoms with Crippen LogP contribution in [0.3, 0.4) is 0 Å². The van der Waals surface area contributed by atoms with Crippen molar-refractivity contribution in [1.29, 1.82) is 0 Å². The molecule has 32 heavy (non-hydrogen) atoms. The zero-order valence-electron chi connectivity index (χ0n) is 18.8. The maximum absolute atomic E-state index is 12.0. The number of halogens is 2. The lowest BCUT2D eigenvalue weighted by atomic mass is 10.0. The second kappa shape index (κ2) is 13.6. The minimum Gasteiger partial charge on any atom is -0.354 e. The van der Waals surface area contributed by atoms with E-state index in [0.717, 1.165) is 38.0 Å². The number of rotatable bonds is 7. The fraction of sp³-hybridized carbons (Fsp3) is 0.417. The van der Waals surface area contributed by atoms with Crippen LogP contribution in [0, 0.1) is 0 Å². The maximum Gasteiger partial charge on any atom is 0.241 e. The summed E-state index contributed by atoms with van der Waals surface area (Å²) < 4.78 is 0. The standard InChI is InChI=1S/C24H32ClN5O.HI/c1-29(2)23(31)17-27-24(26-16-20-9-6-10-21(25)15-20)28-22-11-13-30(14-12-22)18-19-7-4-3-5-8-19;/h3-10,15,22H,11-14,16-18H2,1-2H3,(H2,26,27,28);1H. The molecule has 0 aliphatic carbocycles. The minimum atomic E-state index is 0. The van der Waals surface area contributed by atoms with Crippen LogP contribution >= 0.6 is 35.6 Å². The number of amides is 1. The number of piperidine rings is 1. The molecule has 2 aromatic rings. The summed E-state index contributed by atoms with van der Waals surface area (Å²) in [4.78, 5) is 20.8. The third-order valence-corrected chi connectivity index (χ3v) is 5.63. The van der Waals surface area contributed by atoms with Crippen LogP contribution in [-0.2, 0) is 17.9 Å². The van der Waals surface area contributed by atoms with Gasteiger partial charge in [0.15, 0.2) is 5.96 Å². The van der Waals surface area contributed by atoms with Gasteiger partial charge in [-0.25, -0.2) is 4.99 Å². The highest BCUT2D eigenvalue weighted by molar-refractivity contribution is 14.0. The average Bonchev–Trinajstić information content (AvgIpc) is 2.77. The lowest BCUT2D eigenvalue weighted by Gasteiger charge is -2.33. The molecule has 6 nitrogen and oxygen atoms in total. The summed E-state index contributed by atoms with van der Waals surface area (Å²) in [7, 11) is 3.51. The second-order valence-corrected chi connectivity index (χ2v) is 8.55. The first kappa shape index (κ1) is 26.4. The molecule has 174 valence electrons. The van der Waals surface area contributed by atoms with E-state index in [9.17, 15) is 4.79 Å². The van der Waals surface area contributed by atoms with Crippen LogP contribution in [0.2, 0.25) is 5.02 Å². The van der Waals surface area contributed by atoms with E-state index < -0.39 is 0 Å². The Labute approximate surface area is 213 Å². The lowest BCUT2D eigenvalue weighted by molar-refractivity contribution is -0.127. The lowest BCUT2D eigenvalue weighted by Crippen LogP contribution is -2.50. The summed E-state index contributed by atoms with van der Waals surface area (Å²) >= 11 is 6.09. The third kappa shape index (κ3) is 8.96. The van der Waals surface area contributed by atoms with Gasteiger partial charge in [0.25, 0.3) is 0 Å². The van der Waals surface area contributed by atoms with Crippen molar-refractivity contribution in [3.63, 3.8) is 0 Å². The van der Waals surface area contributed by atoms with Gasteiger partial charge in [0, 0.05) is 44.8 Å². The molecule has 0 unspecified atom stereocenters. The molecular weight excluding hydrogens is 537 g/mol. The van der Waals surface area contributed by atoms with Gasteiger partial charge in [-0.05, 0) is 36.1 Å². The zero-order chi connectivity index (χ0) is 22.1. The molecule has 0 aromatic heterocycles. The van der Waals surface area contributed by atoms with Gasteiger partial charge in [0.05, 0.1) is 13.1 Å². The molecule has 1 fully saturated rings. The summed E-state index contributed by atoms with van der Waals surface area (Å²) in [5.41, 5.74) is 2.38. The molecule has 1 heterocycles. The number of hydrogen-bond acceptors (Lipinski definition) is 3. The molecule has 0 saturated carbocycles. The number of benzene rings is 2. The van der Waals surface area contributed by atoms with E-state index in [1.165, 1.54) is 5.56 Å². The van der Waals surface area contributed by atoms with Crippen LogP contribution in [0.4, 0.5) is 0 Å². The molecular formula is C24H33ClIN5O. The van der Waals surface area contributed by atoms with Gasteiger partial charge in [-0.15, -0.1) is 24.0 Å². The van der Waals surface area contributed by atoms with E-state index in [4.69, 9.17) is 16.6 Å². The van der Waals surface area contributed by atoms with E-state index in [2.05, 4.69) is 45.9 Å². The van der Waals surface area contributed by atoms with Crippen molar-refractivity contribution in [2.24, 2.45) is 4.99 Å². The fourth-order valence-electron chi connectivity index (χ4n) is 3.55. The molecule has 3 rings (SSSR count). The largest absolute Gasteiger partial charge is 0.354 e. The molecule has 0 spiro atoms. The van der Waals surface area contributed by atoms with Gasteiger partial charge in [-0.2, -0.15) is 0 Å². The van der Waals surface area contributed by atoms with Crippen molar-refractivity contribution in [3.05, 3.63) is 70.7 Å². The molecule has 0 atom stereocenters. The van der Waals surface area contributed by atoms with Crippen LogP contribution in [-0.4, -0.2) is 61.4 Å². The predicted molar refractivity (Wildman–Crippen MR) is 143 cm³/mol. The minimum absolute atomic E-state index is 0. The predicted octanol–water partition coefficient (Wildman–Crippen LogP) is 3.75. The number of carbonyl (C=O) groups is 1. The first-order valence-corrected chi connectivity index (χ1v) is 11.1. The van der Waals surface area contributed by atoms with Crippen molar-refractivity contribution < 1.29 is 4.79 Å². The van der Waals surface area contributed by atoms with Gasteiger partial charge < -0.3 is 15.5 Å². The Kier molecular flexibility index (Phi) is 11.3. The van der Waals surface area contributed by atoms with Gasteiger partial charge in [-0.3, -0.25) is 9.69 Å². The van der Waals surface area contributed by atoms with E-state index in [1.807, 2.05) is 24.3 Å². The van der Waals surface area contributed by atoms with E-state index in [1.54, 1.807) is 19.0 Å². The Balaban J connectivity index is 0.00000363. The molecule has 1 amide bonds. The summed E-state index contributed by atoms with van der Waals surface area (Å²) in [6.07, 6.45) is 2.07. The van der Waals surface area contributed by atoms with Crippen LogP contribution in [0.5, 0.6) is 0 Å². The fourth-order valence-corrected chi connectivity index (χ4v) is 3.76. The molecule has 0 bridgehead atoms. The number of guanidine groups is 1. The first-order valence-electron chi connectivity index (χ1n) is 10.8. The average molecular weight is 570 g/mol. The number of likely N-dealkylation sites (tertiary alicyclic amines) is 1. The van der Waals surface area contributed by atoms with Gasteiger partial charge in [0.2, 0.25) is 5.91 Å². The number of hydrogen-bond donors (Lipinski definition) is 2. The van der Waals surface area contributed by atoms with Crippen LogP contribution in [0.25, 0.3) is 0 Å². The van der Waals surface area contributed by atoms with Gasteiger partial charge in [0.1, 0.15) is 0 Å². The van der Waals surface area contributed by atoms with Crippen LogP contribution in [0.15, 0.2) is 59.6 Å². The monoisotopic (exact) mass is 569 g/mol. The Morgan fingerprint density at radius 1 is 1.09 bits per heavy atom. The molecule has 2 aromatic carbocycles. The summed E-state index contributed by atoms with van der Waals surface area (Å²) in [6.45, 7) is 3.76. The molecule has 8 heteroatoms. The van der Waals surface area contributed by atoms with E-state index >= 15 is 0 Å². The molecule has 1 aliphatic rings. The van der Waals surface area contributed by atoms with E-state index in [0.29, 0.717) is 23.6 Å². The summed E-state index contributed by atoms with van der Waals surface area (Å²) in [6, 6.07) is 18.6. The Morgan fingerprint density at radius 3 is 2.44 bits per heavy atom. The van der Waals surface area contributed by atoms with Crippen molar-refractivity contribution in [1.82, 2.24) is 20.4 Å². The van der Waals surface area contributed by atoms with Gasteiger partial charge >= 0.3 is 0 Å². The number of likely N-dealkylation sites (N-methyl/N-ethyl adjacent to an activating group) is 1. The van der Waals surface area contributed by atoms with Crippen molar-refractivity contribution in [2.75, 3.05) is 33.7 Å². The number of aliphatic imine (C=N–C) groups is 1. The van der Waals surface area contributed by atoms with Crippen molar-refractivity contribution in [3.8, 4) is 0 Å². The topological polar surface area (TPSA) is 60.0 Å². The van der Waals surface area contributed by atoms with Gasteiger partial charge in [-0.1, -0.05) is 54.1 Å². The second-order valence-electron chi connectivity index (χ2n) is 8.12. The maximum atomic E-state index is 12.0. The highest BCUT2D eigenvalue weighted by atomic mass is 127. The number of carbonyl (C=O) groups excluding carboxylic acids is 1. The van der Waals surface area contributed by atoms with Crippen LogP contribution < -0.4 is 10.6 Å². The van der Waals surface area contributed by atoms with E-state index in [-0.39, 0.29) is 36.4 Å². The zero-order valence-corrected chi connectivity index (χ0v) is 21.8. The first-order chi connectivity index (χ1) is 15.0. The molecule has 2 N–H and O–H groups in total. The molecule has 1 aliphatic heterocycles. The quantitative estimate of drug-likeness (QED) is 0.303. The highest BCUT2D eigenvalue weighted by Crippen LogP contribution is 2.14. The third-order valence-electron chi connectivity index (χ3n) is 5.39. The number of nitrogens with zero attached hydrogens (tertiary/aromatic N) is 3. The smallest absolute Gasteiger partial charge is 0.241 e. The Morgan fingerprint density at radius 2 is 1.78 bits per heavy atom. The summed E-state index contributed by atoms with van der Waals surface area (Å²) in [5, 5.41) is 7.41. The summed E-state index contributed by atoms with van der Waals surface area (Å²) in [5.74, 6) is 0.673. The SMILES string of the molecule is CN(C)C(=O)CNC(=NCc1cccc(Cl)c1)NC1CCN(Cc2ccccc2)CC1.I. The van der Waals surface area contributed by atoms with Crippen molar-refractivity contribution in [2.45, 2.75) is 32.0 Å². The highest BCUT2D eigenvalue weighted by Gasteiger charge is 2.20.